The van der Waals surface area contributed by atoms with E-state index in [0.717, 1.165) is 38.8 Å². The molecule has 1 aliphatic heterocycles. The number of likely N-dealkylation sites (tertiary alicyclic amines) is 1. The van der Waals surface area contributed by atoms with Gasteiger partial charge in [-0.3, -0.25) is 4.79 Å². The molecule has 3 heteroatoms. The number of rotatable bonds is 2. The van der Waals surface area contributed by atoms with Gasteiger partial charge in [-0.1, -0.05) is 51.1 Å². The van der Waals surface area contributed by atoms with E-state index in [-0.39, 0.29) is 22.3 Å². The molecule has 0 radical (unpaired) electrons. The Kier molecular flexibility index (Phi) is 3.89. The van der Waals surface area contributed by atoms with Crippen molar-refractivity contribution in [2.75, 3.05) is 13.1 Å². The summed E-state index contributed by atoms with van der Waals surface area (Å²) in [6.45, 7) is 8.57. The van der Waals surface area contributed by atoms with E-state index in [9.17, 15) is 4.79 Å². The molecule has 3 unspecified atom stereocenters. The molecule has 152 valence electrons. The third kappa shape index (κ3) is 2.69. The number of carbonyl (C=O) groups excluding carboxylic acids is 1. The first-order chi connectivity index (χ1) is 13.2. The van der Waals surface area contributed by atoms with Gasteiger partial charge in [-0.05, 0) is 72.7 Å². The Morgan fingerprint density at radius 1 is 1.04 bits per heavy atom. The molecule has 5 fully saturated rings. The normalized spacial score (nSPS) is 43.9. The van der Waals surface area contributed by atoms with Crippen LogP contribution in [-0.2, 0) is 10.2 Å². The van der Waals surface area contributed by atoms with E-state index >= 15 is 0 Å². The Morgan fingerprint density at radius 2 is 1.79 bits per heavy atom. The number of nitrogens with two attached hydrogens (primary N) is 1. The van der Waals surface area contributed by atoms with Crippen molar-refractivity contribution in [2.24, 2.45) is 27.9 Å². The molecule has 5 atom stereocenters. The summed E-state index contributed by atoms with van der Waals surface area (Å²) in [4.78, 5) is 16.2. The van der Waals surface area contributed by atoms with Gasteiger partial charge in [0.15, 0.2) is 0 Å². The third-order valence-corrected chi connectivity index (χ3v) is 8.79. The second kappa shape index (κ2) is 5.84. The number of hydrogen-bond acceptors (Lipinski definition) is 2. The minimum absolute atomic E-state index is 0.0111. The van der Waals surface area contributed by atoms with E-state index in [0.29, 0.717) is 17.2 Å². The molecule has 6 rings (SSSR count). The summed E-state index contributed by atoms with van der Waals surface area (Å²) in [7, 11) is 0. The highest BCUT2D eigenvalue weighted by Gasteiger charge is 2.65. The molecule has 2 N–H and O–H groups in total. The molecule has 5 aliphatic rings. The smallest absolute Gasteiger partial charge is 0.228 e. The number of benzene rings is 1. The lowest BCUT2D eigenvalue weighted by Crippen LogP contribution is -2.64. The Morgan fingerprint density at radius 3 is 2.46 bits per heavy atom. The molecular weight excluding hydrogens is 344 g/mol. The quantitative estimate of drug-likeness (QED) is 0.821. The van der Waals surface area contributed by atoms with Crippen LogP contribution in [-0.4, -0.2) is 29.9 Å². The highest BCUT2D eigenvalue weighted by atomic mass is 16.2. The van der Waals surface area contributed by atoms with Gasteiger partial charge in [-0.2, -0.15) is 0 Å². The van der Waals surface area contributed by atoms with Gasteiger partial charge >= 0.3 is 0 Å². The topological polar surface area (TPSA) is 46.3 Å². The molecule has 1 heterocycles. The van der Waals surface area contributed by atoms with Crippen LogP contribution in [0.4, 0.5) is 0 Å². The van der Waals surface area contributed by atoms with Gasteiger partial charge in [-0.15, -0.1) is 0 Å². The van der Waals surface area contributed by atoms with Gasteiger partial charge in [-0.25, -0.2) is 0 Å². The van der Waals surface area contributed by atoms with Crippen molar-refractivity contribution in [3.05, 3.63) is 35.9 Å². The first kappa shape index (κ1) is 18.7. The molecule has 4 aliphatic carbocycles. The van der Waals surface area contributed by atoms with Gasteiger partial charge in [0.25, 0.3) is 0 Å². The van der Waals surface area contributed by atoms with Crippen molar-refractivity contribution < 1.29 is 4.79 Å². The number of amides is 1. The molecule has 1 aromatic carbocycles. The minimum atomic E-state index is -0.151. The van der Waals surface area contributed by atoms with E-state index in [4.69, 9.17) is 5.73 Å². The third-order valence-electron chi connectivity index (χ3n) is 8.79. The fourth-order valence-corrected chi connectivity index (χ4v) is 8.16. The largest absolute Gasteiger partial charge is 0.342 e. The average Bonchev–Trinajstić information content (AvgIpc) is 2.62. The maximum atomic E-state index is 14.0. The minimum Gasteiger partial charge on any atom is -0.342 e. The molecule has 1 amide bonds. The van der Waals surface area contributed by atoms with Crippen LogP contribution in [0.15, 0.2) is 30.3 Å². The van der Waals surface area contributed by atoms with E-state index in [1.807, 2.05) is 0 Å². The zero-order valence-electron chi connectivity index (χ0n) is 17.8. The highest BCUT2D eigenvalue weighted by molar-refractivity contribution is 5.84. The summed E-state index contributed by atoms with van der Waals surface area (Å²) >= 11 is 0. The zero-order valence-corrected chi connectivity index (χ0v) is 17.8. The van der Waals surface area contributed by atoms with E-state index in [1.54, 1.807) is 0 Å². The van der Waals surface area contributed by atoms with Crippen LogP contribution in [0.2, 0.25) is 0 Å². The maximum absolute atomic E-state index is 14.0. The van der Waals surface area contributed by atoms with Crippen molar-refractivity contribution in [2.45, 2.75) is 77.2 Å². The van der Waals surface area contributed by atoms with Crippen LogP contribution in [0, 0.1) is 22.2 Å². The summed E-state index contributed by atoms with van der Waals surface area (Å²) < 4.78 is 0. The second-order valence-electron chi connectivity index (χ2n) is 11.9. The Balaban J connectivity index is 1.50. The van der Waals surface area contributed by atoms with E-state index < -0.39 is 0 Å². The summed E-state index contributed by atoms with van der Waals surface area (Å²) in [6.07, 6.45) is 8.03. The fraction of sp³-hybridized carbons (Fsp3) is 0.720. The average molecular weight is 381 g/mol. The van der Waals surface area contributed by atoms with Gasteiger partial charge in [0.05, 0.1) is 5.41 Å². The molecule has 1 saturated heterocycles. The van der Waals surface area contributed by atoms with Crippen molar-refractivity contribution in [1.82, 2.24) is 4.90 Å². The lowest BCUT2D eigenvalue weighted by atomic mass is 9.38. The Hall–Kier alpha value is -1.35. The van der Waals surface area contributed by atoms with Crippen LogP contribution in [0.1, 0.15) is 71.3 Å². The molecule has 3 nitrogen and oxygen atoms in total. The molecule has 0 spiro atoms. The number of nitrogens with zero attached hydrogens (tertiary/aromatic N) is 1. The van der Waals surface area contributed by atoms with Crippen LogP contribution in [0.3, 0.4) is 0 Å². The standard InChI is InChI=1S/C25H36N2O/c1-22(2)17-27(10-9-20(22)26)21(28)25-13-18-11-23(3,15-25)14-24(12-18,16-25)19-7-5-4-6-8-19/h4-8,18,20H,9-17,26H2,1-3H3/t18?,20?,23-,24-,25?/m0/s1. The fourth-order valence-electron chi connectivity index (χ4n) is 8.16. The molecule has 4 saturated carbocycles. The maximum Gasteiger partial charge on any atom is 0.228 e. The molecule has 1 aromatic rings. The van der Waals surface area contributed by atoms with Crippen LogP contribution < -0.4 is 5.73 Å². The summed E-state index contributed by atoms with van der Waals surface area (Å²) in [6, 6.07) is 11.3. The van der Waals surface area contributed by atoms with Gasteiger partial charge in [0, 0.05) is 19.1 Å². The van der Waals surface area contributed by atoms with Crippen molar-refractivity contribution >= 4 is 5.91 Å². The second-order valence-corrected chi connectivity index (χ2v) is 11.9. The number of piperidine rings is 1. The Labute approximate surface area is 170 Å². The summed E-state index contributed by atoms with van der Waals surface area (Å²) in [5, 5.41) is 0. The van der Waals surface area contributed by atoms with E-state index in [1.165, 1.54) is 24.8 Å². The SMILES string of the molecule is CC1(C)CN(C(=O)C23CC4C[C@](C)(C2)C[C@@](c2ccccc2)(C4)C3)CCC1N. The Bertz CT molecular complexity index is 789. The van der Waals surface area contributed by atoms with Crippen LogP contribution in [0.25, 0.3) is 0 Å². The van der Waals surface area contributed by atoms with Gasteiger partial charge in [0.1, 0.15) is 0 Å². The van der Waals surface area contributed by atoms with Crippen molar-refractivity contribution in [1.29, 1.82) is 0 Å². The first-order valence-corrected chi connectivity index (χ1v) is 11.3. The molecular formula is C25H36N2O. The predicted molar refractivity (Wildman–Crippen MR) is 113 cm³/mol. The van der Waals surface area contributed by atoms with Crippen LogP contribution in [0.5, 0.6) is 0 Å². The van der Waals surface area contributed by atoms with Crippen molar-refractivity contribution in [3.8, 4) is 0 Å². The molecule has 4 bridgehead atoms. The van der Waals surface area contributed by atoms with Crippen LogP contribution >= 0.6 is 0 Å². The van der Waals surface area contributed by atoms with Gasteiger partial charge < -0.3 is 10.6 Å². The number of hydrogen-bond donors (Lipinski definition) is 1. The molecule has 28 heavy (non-hydrogen) atoms. The monoisotopic (exact) mass is 380 g/mol. The van der Waals surface area contributed by atoms with Crippen molar-refractivity contribution in [3.63, 3.8) is 0 Å². The molecule has 0 aromatic heterocycles. The lowest BCUT2D eigenvalue weighted by Gasteiger charge is -2.66. The number of carbonyl (C=O) groups is 1. The summed E-state index contributed by atoms with van der Waals surface area (Å²) in [5.74, 6) is 1.15. The summed E-state index contributed by atoms with van der Waals surface area (Å²) in [5.41, 5.74) is 8.21. The zero-order chi connectivity index (χ0) is 19.8. The van der Waals surface area contributed by atoms with E-state index in [2.05, 4.69) is 56.0 Å². The highest BCUT2D eigenvalue weighted by Crippen LogP contribution is 2.70. The predicted octanol–water partition coefficient (Wildman–Crippen LogP) is 4.50. The first-order valence-electron chi connectivity index (χ1n) is 11.3. The lowest BCUT2D eigenvalue weighted by molar-refractivity contribution is -0.173. The van der Waals surface area contributed by atoms with Gasteiger partial charge in [0.2, 0.25) is 5.91 Å².